The molecule has 20 heavy (non-hydrogen) atoms. The van der Waals surface area contributed by atoms with E-state index in [1.807, 2.05) is 12.1 Å². The Morgan fingerprint density at radius 3 is 2.85 bits per heavy atom. The lowest BCUT2D eigenvalue weighted by atomic mass is 10.1. The standard InChI is InChI=1S/C15H12ClFN2S/c1-2-11-8-12-14(16)18-13(19-15(12)20-11)7-9-4-3-5-10(17)6-9/h3-6,8H,2,7H2,1H3. The molecule has 0 amide bonds. The largest absolute Gasteiger partial charge is 0.222 e. The molecule has 0 radical (unpaired) electrons. The minimum Gasteiger partial charge on any atom is -0.222 e. The fraction of sp³-hybridized carbons (Fsp3) is 0.200. The minimum atomic E-state index is -0.251. The summed E-state index contributed by atoms with van der Waals surface area (Å²) in [5.74, 6) is 0.372. The summed E-state index contributed by atoms with van der Waals surface area (Å²) in [6.07, 6.45) is 1.43. The Kier molecular flexibility index (Phi) is 3.68. The van der Waals surface area contributed by atoms with E-state index in [4.69, 9.17) is 11.6 Å². The Bertz CT molecular complexity index is 770. The second-order valence-electron chi connectivity index (χ2n) is 4.52. The Hall–Kier alpha value is -1.52. The molecule has 3 aromatic rings. The summed E-state index contributed by atoms with van der Waals surface area (Å²) in [4.78, 5) is 11.0. The van der Waals surface area contributed by atoms with Gasteiger partial charge in [0.05, 0.1) is 0 Å². The van der Waals surface area contributed by atoms with Gasteiger partial charge in [0.2, 0.25) is 0 Å². The van der Waals surface area contributed by atoms with Crippen LogP contribution in [0.25, 0.3) is 10.2 Å². The minimum absolute atomic E-state index is 0.251. The van der Waals surface area contributed by atoms with Crippen molar-refractivity contribution in [3.63, 3.8) is 0 Å². The van der Waals surface area contributed by atoms with Gasteiger partial charge in [-0.3, -0.25) is 0 Å². The number of fused-ring (bicyclic) bond motifs is 1. The summed E-state index contributed by atoms with van der Waals surface area (Å²) < 4.78 is 13.2. The first-order chi connectivity index (χ1) is 9.65. The van der Waals surface area contributed by atoms with E-state index in [0.717, 1.165) is 22.2 Å². The van der Waals surface area contributed by atoms with Crippen molar-refractivity contribution in [2.75, 3.05) is 0 Å². The van der Waals surface area contributed by atoms with Crippen LogP contribution in [0.3, 0.4) is 0 Å². The number of thiophene rings is 1. The van der Waals surface area contributed by atoms with Crippen LogP contribution in [-0.2, 0) is 12.8 Å². The van der Waals surface area contributed by atoms with E-state index in [2.05, 4.69) is 16.9 Å². The van der Waals surface area contributed by atoms with Crippen LogP contribution in [0.1, 0.15) is 23.2 Å². The highest BCUT2D eigenvalue weighted by molar-refractivity contribution is 7.18. The number of aryl methyl sites for hydroxylation is 1. The predicted octanol–water partition coefficient (Wildman–Crippen LogP) is 4.64. The number of halogens is 2. The van der Waals surface area contributed by atoms with E-state index in [1.165, 1.54) is 17.0 Å². The highest BCUT2D eigenvalue weighted by atomic mass is 35.5. The van der Waals surface area contributed by atoms with E-state index in [9.17, 15) is 4.39 Å². The van der Waals surface area contributed by atoms with Gasteiger partial charge in [0.1, 0.15) is 21.6 Å². The quantitative estimate of drug-likeness (QED) is 0.659. The van der Waals surface area contributed by atoms with Gasteiger partial charge in [-0.1, -0.05) is 30.7 Å². The predicted molar refractivity (Wildman–Crippen MR) is 81.0 cm³/mol. The molecule has 0 saturated heterocycles. The molecule has 2 nitrogen and oxygen atoms in total. The molecular formula is C15H12ClFN2S. The first-order valence-electron chi connectivity index (χ1n) is 6.35. The molecular weight excluding hydrogens is 295 g/mol. The molecule has 1 aromatic carbocycles. The van der Waals surface area contributed by atoms with Crippen molar-refractivity contribution in [1.82, 2.24) is 9.97 Å². The molecule has 0 unspecified atom stereocenters. The number of nitrogens with zero attached hydrogens (tertiary/aromatic N) is 2. The molecule has 0 saturated carbocycles. The van der Waals surface area contributed by atoms with E-state index in [0.29, 0.717) is 17.4 Å². The van der Waals surface area contributed by atoms with Crippen molar-refractivity contribution in [3.8, 4) is 0 Å². The molecule has 0 aliphatic heterocycles. The lowest BCUT2D eigenvalue weighted by Crippen LogP contribution is -1.97. The van der Waals surface area contributed by atoms with Crippen LogP contribution in [0.15, 0.2) is 30.3 Å². The van der Waals surface area contributed by atoms with Crippen LogP contribution < -0.4 is 0 Å². The number of hydrogen-bond donors (Lipinski definition) is 0. The number of hydrogen-bond acceptors (Lipinski definition) is 3. The Labute approximate surface area is 125 Å². The molecule has 2 heterocycles. The third kappa shape index (κ3) is 2.67. The van der Waals surface area contributed by atoms with Crippen molar-refractivity contribution in [2.24, 2.45) is 0 Å². The van der Waals surface area contributed by atoms with E-state index in [1.54, 1.807) is 17.4 Å². The second kappa shape index (κ2) is 5.46. The fourth-order valence-electron chi connectivity index (χ4n) is 2.06. The molecule has 102 valence electrons. The van der Waals surface area contributed by atoms with Crippen molar-refractivity contribution in [1.29, 1.82) is 0 Å². The normalized spacial score (nSPS) is 11.2. The van der Waals surface area contributed by atoms with Gasteiger partial charge >= 0.3 is 0 Å². The van der Waals surface area contributed by atoms with Gasteiger partial charge in [-0.2, -0.15) is 0 Å². The van der Waals surface area contributed by atoms with E-state index >= 15 is 0 Å². The Morgan fingerprint density at radius 1 is 1.25 bits per heavy atom. The van der Waals surface area contributed by atoms with Crippen LogP contribution in [0, 0.1) is 5.82 Å². The molecule has 5 heteroatoms. The lowest BCUT2D eigenvalue weighted by Gasteiger charge is -2.02. The molecule has 0 aliphatic carbocycles. The molecule has 0 fully saturated rings. The Morgan fingerprint density at radius 2 is 2.10 bits per heavy atom. The van der Waals surface area contributed by atoms with Gasteiger partial charge in [0.15, 0.2) is 0 Å². The molecule has 2 aromatic heterocycles. The summed E-state index contributed by atoms with van der Waals surface area (Å²) >= 11 is 7.84. The smallest absolute Gasteiger partial charge is 0.141 e. The number of benzene rings is 1. The van der Waals surface area contributed by atoms with Gasteiger partial charge in [0.25, 0.3) is 0 Å². The van der Waals surface area contributed by atoms with Gasteiger partial charge in [-0.25, -0.2) is 14.4 Å². The molecule has 0 atom stereocenters. The zero-order chi connectivity index (χ0) is 14.1. The zero-order valence-electron chi connectivity index (χ0n) is 10.9. The summed E-state index contributed by atoms with van der Waals surface area (Å²) in [5.41, 5.74) is 0.840. The van der Waals surface area contributed by atoms with Gasteiger partial charge in [-0.15, -0.1) is 11.3 Å². The molecule has 0 spiro atoms. The third-order valence-corrected chi connectivity index (χ3v) is 4.50. The maximum absolute atomic E-state index is 13.2. The first kappa shape index (κ1) is 13.5. The highest BCUT2D eigenvalue weighted by Crippen LogP contribution is 2.29. The van der Waals surface area contributed by atoms with Crippen LogP contribution in [-0.4, -0.2) is 9.97 Å². The maximum Gasteiger partial charge on any atom is 0.141 e. The van der Waals surface area contributed by atoms with Crippen LogP contribution in [0.5, 0.6) is 0 Å². The first-order valence-corrected chi connectivity index (χ1v) is 7.54. The van der Waals surface area contributed by atoms with Gasteiger partial charge in [0, 0.05) is 16.7 Å². The summed E-state index contributed by atoms with van der Waals surface area (Å²) in [6.45, 7) is 2.10. The molecule has 0 bridgehead atoms. The average Bonchev–Trinajstić information content (AvgIpc) is 2.82. The van der Waals surface area contributed by atoms with Crippen molar-refractivity contribution in [3.05, 3.63) is 57.6 Å². The summed E-state index contributed by atoms with van der Waals surface area (Å²) in [6, 6.07) is 8.50. The van der Waals surface area contributed by atoms with Gasteiger partial charge < -0.3 is 0 Å². The highest BCUT2D eigenvalue weighted by Gasteiger charge is 2.10. The third-order valence-electron chi connectivity index (χ3n) is 3.04. The van der Waals surface area contributed by atoms with E-state index in [-0.39, 0.29) is 5.82 Å². The van der Waals surface area contributed by atoms with Crippen LogP contribution in [0.4, 0.5) is 4.39 Å². The molecule has 0 N–H and O–H groups in total. The number of aromatic nitrogens is 2. The Balaban J connectivity index is 1.99. The van der Waals surface area contributed by atoms with Gasteiger partial charge in [-0.05, 0) is 30.2 Å². The van der Waals surface area contributed by atoms with Crippen LogP contribution >= 0.6 is 22.9 Å². The molecule has 0 aliphatic rings. The average molecular weight is 307 g/mol. The van der Waals surface area contributed by atoms with Crippen LogP contribution in [0.2, 0.25) is 5.15 Å². The van der Waals surface area contributed by atoms with Crippen molar-refractivity contribution < 1.29 is 4.39 Å². The number of rotatable bonds is 3. The maximum atomic E-state index is 13.2. The lowest BCUT2D eigenvalue weighted by molar-refractivity contribution is 0.626. The SMILES string of the molecule is CCc1cc2c(Cl)nc(Cc3cccc(F)c3)nc2s1. The van der Waals surface area contributed by atoms with E-state index < -0.39 is 0 Å². The molecule has 3 rings (SSSR count). The monoisotopic (exact) mass is 306 g/mol. The summed E-state index contributed by atoms with van der Waals surface area (Å²) in [5, 5.41) is 1.37. The van der Waals surface area contributed by atoms with Crippen molar-refractivity contribution >= 4 is 33.2 Å². The topological polar surface area (TPSA) is 25.8 Å². The second-order valence-corrected chi connectivity index (χ2v) is 6.00. The van der Waals surface area contributed by atoms with Crippen molar-refractivity contribution in [2.45, 2.75) is 19.8 Å². The zero-order valence-corrected chi connectivity index (χ0v) is 12.4. The summed E-state index contributed by atoms with van der Waals surface area (Å²) in [7, 11) is 0. The fourth-order valence-corrected chi connectivity index (χ4v) is 3.34.